The predicted octanol–water partition coefficient (Wildman–Crippen LogP) is 0.235. The largest absolute Gasteiger partial charge is 0.480 e. The molecule has 8 nitrogen and oxygen atoms in total. The molecule has 23 heavy (non-hydrogen) atoms. The zero-order chi connectivity index (χ0) is 17.5. The molecule has 134 valence electrons. The Morgan fingerprint density at radius 2 is 1.83 bits per heavy atom. The van der Waals surface area contributed by atoms with Crippen LogP contribution in [-0.2, 0) is 24.3 Å². The summed E-state index contributed by atoms with van der Waals surface area (Å²) < 4.78 is 30.8. The summed E-state index contributed by atoms with van der Waals surface area (Å²) in [5, 5.41) is 11.8. The smallest absolute Gasteiger partial charge is 0.329 e. The molecule has 0 aromatic carbocycles. The van der Waals surface area contributed by atoms with Gasteiger partial charge in [-0.2, -0.15) is 0 Å². The minimum Gasteiger partial charge on any atom is -0.480 e. The summed E-state index contributed by atoms with van der Waals surface area (Å²) in [7, 11) is -3.64. The van der Waals surface area contributed by atoms with E-state index in [0.717, 1.165) is 19.3 Å². The normalized spacial score (nSPS) is 17.9. The van der Waals surface area contributed by atoms with Crippen molar-refractivity contribution in [2.45, 2.75) is 57.6 Å². The summed E-state index contributed by atoms with van der Waals surface area (Å²) in [6.07, 6.45) is 3.05. The van der Waals surface area contributed by atoms with Crippen LogP contribution in [-0.4, -0.2) is 55.9 Å². The highest BCUT2D eigenvalue weighted by Gasteiger charge is 2.40. The topological polar surface area (TPSA) is 122 Å². The maximum atomic E-state index is 11.9. The van der Waals surface area contributed by atoms with E-state index in [1.54, 1.807) is 13.8 Å². The van der Waals surface area contributed by atoms with Crippen LogP contribution in [0.25, 0.3) is 0 Å². The van der Waals surface area contributed by atoms with E-state index >= 15 is 0 Å². The average Bonchev–Trinajstić information content (AvgIpc) is 2.45. The molecular formula is C14H26N2O6S. The number of carbonyl (C=O) groups excluding carboxylic acids is 1. The fraction of sp³-hybridized carbons (Fsp3) is 0.857. The second-order valence-corrected chi connectivity index (χ2v) is 7.98. The van der Waals surface area contributed by atoms with Gasteiger partial charge in [0, 0.05) is 0 Å². The maximum Gasteiger partial charge on any atom is 0.329 e. The molecule has 0 saturated heterocycles. The molecule has 1 aliphatic carbocycles. The number of amides is 1. The van der Waals surface area contributed by atoms with Gasteiger partial charge in [-0.05, 0) is 26.7 Å². The standard InChI is InChI=1S/C14H26N2O6S/c1-11(2)22-8-9-23(20,21)15-10-12(17)16-14(13(18)19)6-4-3-5-7-14/h11,15H,3-10H2,1-2H3,(H,16,17)(H,18,19). The zero-order valence-corrected chi connectivity index (χ0v) is 14.4. The summed E-state index contributed by atoms with van der Waals surface area (Å²) in [4.78, 5) is 23.4. The second kappa shape index (κ2) is 8.60. The van der Waals surface area contributed by atoms with Crippen molar-refractivity contribution in [3.8, 4) is 0 Å². The molecule has 3 N–H and O–H groups in total. The van der Waals surface area contributed by atoms with Gasteiger partial charge in [-0.15, -0.1) is 0 Å². The monoisotopic (exact) mass is 350 g/mol. The minimum atomic E-state index is -3.64. The second-order valence-electron chi connectivity index (χ2n) is 6.06. The number of rotatable bonds is 9. The van der Waals surface area contributed by atoms with Gasteiger partial charge in [-0.1, -0.05) is 19.3 Å². The number of carbonyl (C=O) groups is 2. The highest BCUT2D eigenvalue weighted by atomic mass is 32.2. The van der Waals surface area contributed by atoms with Crippen molar-refractivity contribution in [1.82, 2.24) is 10.0 Å². The molecule has 0 atom stereocenters. The average molecular weight is 350 g/mol. The number of carboxylic acid groups (broad SMARTS) is 1. The molecular weight excluding hydrogens is 324 g/mol. The lowest BCUT2D eigenvalue weighted by Crippen LogP contribution is -2.57. The number of nitrogens with one attached hydrogen (secondary N) is 2. The van der Waals surface area contributed by atoms with Crippen LogP contribution in [0, 0.1) is 0 Å². The Labute approximate surface area is 137 Å². The Morgan fingerprint density at radius 3 is 2.35 bits per heavy atom. The van der Waals surface area contributed by atoms with E-state index in [4.69, 9.17) is 4.74 Å². The molecule has 0 aliphatic heterocycles. The van der Waals surface area contributed by atoms with E-state index in [1.807, 2.05) is 0 Å². The summed E-state index contributed by atoms with van der Waals surface area (Å²) in [5.74, 6) is -1.95. The zero-order valence-electron chi connectivity index (χ0n) is 13.6. The van der Waals surface area contributed by atoms with Gasteiger partial charge in [0.2, 0.25) is 15.9 Å². The number of aliphatic carboxylic acids is 1. The molecule has 0 bridgehead atoms. The van der Waals surface area contributed by atoms with Crippen LogP contribution in [0.5, 0.6) is 0 Å². The first-order chi connectivity index (χ1) is 10.7. The maximum absolute atomic E-state index is 11.9. The van der Waals surface area contributed by atoms with E-state index in [9.17, 15) is 23.1 Å². The molecule has 0 spiro atoms. The first kappa shape index (κ1) is 19.9. The molecule has 0 radical (unpaired) electrons. The summed E-state index contributed by atoms with van der Waals surface area (Å²) in [6.45, 7) is 3.15. The van der Waals surface area contributed by atoms with E-state index in [0.29, 0.717) is 12.8 Å². The molecule has 1 aliphatic rings. The Bertz CT molecular complexity index is 511. The van der Waals surface area contributed by atoms with Crippen LogP contribution >= 0.6 is 0 Å². The number of ether oxygens (including phenoxy) is 1. The number of carboxylic acids is 1. The van der Waals surface area contributed by atoms with Crippen molar-refractivity contribution >= 4 is 21.9 Å². The molecule has 1 amide bonds. The van der Waals surface area contributed by atoms with Gasteiger partial charge in [0.05, 0.1) is 25.0 Å². The van der Waals surface area contributed by atoms with Gasteiger partial charge in [-0.25, -0.2) is 17.9 Å². The Kier molecular flexibility index (Phi) is 7.43. The van der Waals surface area contributed by atoms with Crippen LogP contribution in [0.4, 0.5) is 0 Å². The van der Waals surface area contributed by atoms with Crippen molar-refractivity contribution in [3.05, 3.63) is 0 Å². The van der Waals surface area contributed by atoms with Crippen molar-refractivity contribution in [1.29, 1.82) is 0 Å². The highest BCUT2D eigenvalue weighted by molar-refractivity contribution is 7.89. The summed E-state index contributed by atoms with van der Waals surface area (Å²) in [6, 6.07) is 0. The quantitative estimate of drug-likeness (QED) is 0.547. The third-order valence-electron chi connectivity index (χ3n) is 3.75. The van der Waals surface area contributed by atoms with Crippen molar-refractivity contribution in [2.75, 3.05) is 18.9 Å². The first-order valence-electron chi connectivity index (χ1n) is 7.80. The molecule has 9 heteroatoms. The molecule has 0 aromatic heterocycles. The van der Waals surface area contributed by atoms with Gasteiger partial charge in [0.1, 0.15) is 5.54 Å². The van der Waals surface area contributed by atoms with Gasteiger partial charge >= 0.3 is 5.97 Å². The minimum absolute atomic E-state index is 0.0354. The molecule has 1 rings (SSSR count). The number of hydrogen-bond donors (Lipinski definition) is 3. The van der Waals surface area contributed by atoms with Crippen LogP contribution in [0.1, 0.15) is 46.0 Å². The summed E-state index contributed by atoms with van der Waals surface area (Å²) in [5.41, 5.74) is -1.28. The van der Waals surface area contributed by atoms with Crippen LogP contribution in [0.15, 0.2) is 0 Å². The SMILES string of the molecule is CC(C)OCCS(=O)(=O)NCC(=O)NC1(C(=O)O)CCCCC1. The van der Waals surface area contributed by atoms with E-state index < -0.39 is 34.0 Å². The third-order valence-corrected chi connectivity index (χ3v) is 5.04. The molecule has 0 heterocycles. The van der Waals surface area contributed by atoms with Crippen molar-refractivity contribution in [2.24, 2.45) is 0 Å². The van der Waals surface area contributed by atoms with Gasteiger partial charge in [0.15, 0.2) is 0 Å². The van der Waals surface area contributed by atoms with Crippen LogP contribution in [0.2, 0.25) is 0 Å². The molecule has 1 fully saturated rings. The lowest BCUT2D eigenvalue weighted by Gasteiger charge is -2.33. The highest BCUT2D eigenvalue weighted by Crippen LogP contribution is 2.28. The molecule has 0 aromatic rings. The fourth-order valence-electron chi connectivity index (χ4n) is 2.50. The first-order valence-corrected chi connectivity index (χ1v) is 9.45. The number of sulfonamides is 1. The Hall–Kier alpha value is -1.19. The molecule has 1 saturated carbocycles. The lowest BCUT2D eigenvalue weighted by atomic mass is 9.81. The third kappa shape index (κ3) is 6.84. The van der Waals surface area contributed by atoms with Crippen LogP contribution < -0.4 is 10.0 Å². The summed E-state index contributed by atoms with van der Waals surface area (Å²) >= 11 is 0. The molecule has 0 unspecified atom stereocenters. The van der Waals surface area contributed by atoms with Gasteiger partial charge in [0.25, 0.3) is 0 Å². The Morgan fingerprint density at radius 1 is 1.22 bits per heavy atom. The van der Waals surface area contributed by atoms with Gasteiger partial charge < -0.3 is 15.2 Å². The predicted molar refractivity (Wildman–Crippen MR) is 84.5 cm³/mol. The van der Waals surface area contributed by atoms with E-state index in [2.05, 4.69) is 10.0 Å². The number of hydrogen-bond acceptors (Lipinski definition) is 5. The lowest BCUT2D eigenvalue weighted by molar-refractivity contribution is -0.149. The van der Waals surface area contributed by atoms with Crippen molar-refractivity contribution < 1.29 is 27.9 Å². The van der Waals surface area contributed by atoms with Crippen molar-refractivity contribution in [3.63, 3.8) is 0 Å². The fourth-order valence-corrected chi connectivity index (χ4v) is 3.31. The van der Waals surface area contributed by atoms with E-state index in [1.165, 1.54) is 0 Å². The Balaban J connectivity index is 2.47. The van der Waals surface area contributed by atoms with E-state index in [-0.39, 0.29) is 18.5 Å². The van der Waals surface area contributed by atoms with Gasteiger partial charge in [-0.3, -0.25) is 4.79 Å². The van der Waals surface area contributed by atoms with Crippen LogP contribution in [0.3, 0.4) is 0 Å².